The SMILES string of the molecule is Nc1ccc(Cl)c2sc(CBr)cc12. The van der Waals surface area contributed by atoms with Crippen LogP contribution in [0, 0.1) is 0 Å². The van der Waals surface area contributed by atoms with E-state index in [4.69, 9.17) is 17.3 Å². The summed E-state index contributed by atoms with van der Waals surface area (Å²) in [5.41, 5.74) is 6.62. The quantitative estimate of drug-likeness (QED) is 0.617. The highest BCUT2D eigenvalue weighted by Crippen LogP contribution is 2.35. The summed E-state index contributed by atoms with van der Waals surface area (Å²) in [5, 5.41) is 2.69. The van der Waals surface area contributed by atoms with E-state index in [1.54, 1.807) is 11.3 Å². The van der Waals surface area contributed by atoms with Gasteiger partial charge in [-0.15, -0.1) is 11.3 Å². The first kappa shape index (κ1) is 9.31. The summed E-state index contributed by atoms with van der Waals surface area (Å²) in [6, 6.07) is 5.76. The minimum Gasteiger partial charge on any atom is -0.398 e. The van der Waals surface area contributed by atoms with Crippen molar-refractivity contribution in [2.45, 2.75) is 5.33 Å². The lowest BCUT2D eigenvalue weighted by molar-refractivity contribution is 1.60. The molecule has 1 aromatic heterocycles. The zero-order valence-corrected chi connectivity index (χ0v) is 9.84. The molecule has 0 fully saturated rings. The summed E-state index contributed by atoms with van der Waals surface area (Å²) in [5.74, 6) is 0. The first-order valence-corrected chi connectivity index (χ1v) is 6.06. The number of alkyl halides is 1. The Balaban J connectivity index is 2.80. The van der Waals surface area contributed by atoms with Gasteiger partial charge in [0.25, 0.3) is 0 Å². The molecular formula is C9H7BrClNS. The van der Waals surface area contributed by atoms with Crippen molar-refractivity contribution in [2.24, 2.45) is 0 Å². The van der Waals surface area contributed by atoms with Crippen LogP contribution in [-0.2, 0) is 5.33 Å². The van der Waals surface area contributed by atoms with Gasteiger partial charge in [-0.05, 0) is 18.2 Å². The van der Waals surface area contributed by atoms with Gasteiger partial charge in [-0.25, -0.2) is 0 Å². The predicted octanol–water partition coefficient (Wildman–Crippen LogP) is 4.03. The van der Waals surface area contributed by atoms with Crippen LogP contribution < -0.4 is 5.73 Å². The Hall–Kier alpha value is -0.250. The molecule has 0 spiro atoms. The molecule has 0 saturated carbocycles. The number of thiophene rings is 1. The van der Waals surface area contributed by atoms with Gasteiger partial charge in [-0.3, -0.25) is 0 Å². The second-order valence-electron chi connectivity index (χ2n) is 2.73. The zero-order chi connectivity index (χ0) is 9.42. The summed E-state index contributed by atoms with van der Waals surface area (Å²) < 4.78 is 1.08. The number of benzene rings is 1. The third-order valence-corrected chi connectivity index (χ3v) is 4.42. The highest BCUT2D eigenvalue weighted by Gasteiger charge is 2.06. The van der Waals surface area contributed by atoms with Crippen LogP contribution in [0.15, 0.2) is 18.2 Å². The van der Waals surface area contributed by atoms with Crippen LogP contribution in [0.5, 0.6) is 0 Å². The Morgan fingerprint density at radius 1 is 1.46 bits per heavy atom. The number of fused-ring (bicyclic) bond motifs is 1. The van der Waals surface area contributed by atoms with Crippen molar-refractivity contribution < 1.29 is 0 Å². The van der Waals surface area contributed by atoms with E-state index in [2.05, 4.69) is 22.0 Å². The summed E-state index contributed by atoms with van der Waals surface area (Å²) in [4.78, 5) is 1.25. The molecule has 68 valence electrons. The molecule has 0 atom stereocenters. The Labute approximate surface area is 93.6 Å². The van der Waals surface area contributed by atoms with Crippen LogP contribution in [-0.4, -0.2) is 0 Å². The lowest BCUT2D eigenvalue weighted by Crippen LogP contribution is -1.83. The molecule has 2 N–H and O–H groups in total. The molecule has 0 aliphatic rings. The zero-order valence-electron chi connectivity index (χ0n) is 6.68. The summed E-state index contributed by atoms with van der Waals surface area (Å²) >= 11 is 11.1. The molecule has 0 bridgehead atoms. The van der Waals surface area contributed by atoms with Crippen LogP contribution in [0.4, 0.5) is 5.69 Å². The van der Waals surface area contributed by atoms with Crippen molar-refractivity contribution in [3.05, 3.63) is 28.1 Å². The molecule has 0 saturated heterocycles. The third-order valence-electron chi connectivity index (χ3n) is 1.85. The minimum atomic E-state index is 0.779. The second-order valence-corrected chi connectivity index (χ2v) is 4.83. The fraction of sp³-hybridized carbons (Fsp3) is 0.111. The maximum absolute atomic E-state index is 6.04. The van der Waals surface area contributed by atoms with Gasteiger partial charge in [-0.1, -0.05) is 27.5 Å². The normalized spacial score (nSPS) is 10.9. The molecule has 1 aromatic carbocycles. The number of hydrogen-bond acceptors (Lipinski definition) is 2. The Bertz CT molecular complexity index is 413. The molecule has 1 nitrogen and oxygen atoms in total. The van der Waals surface area contributed by atoms with E-state index in [0.717, 1.165) is 26.1 Å². The Morgan fingerprint density at radius 2 is 2.23 bits per heavy atom. The van der Waals surface area contributed by atoms with Crippen molar-refractivity contribution in [2.75, 3.05) is 5.73 Å². The van der Waals surface area contributed by atoms with Crippen LogP contribution in [0.25, 0.3) is 10.1 Å². The lowest BCUT2D eigenvalue weighted by Gasteiger charge is -1.96. The molecule has 0 unspecified atom stereocenters. The molecule has 1 heterocycles. The molecule has 0 amide bonds. The van der Waals surface area contributed by atoms with E-state index in [9.17, 15) is 0 Å². The van der Waals surface area contributed by atoms with Gasteiger partial charge in [0.1, 0.15) is 0 Å². The number of nitrogen functional groups attached to an aromatic ring is 1. The van der Waals surface area contributed by atoms with Gasteiger partial charge in [0.05, 0.1) is 9.72 Å². The van der Waals surface area contributed by atoms with Gasteiger partial charge < -0.3 is 5.73 Å². The van der Waals surface area contributed by atoms with Gasteiger partial charge in [0.15, 0.2) is 0 Å². The van der Waals surface area contributed by atoms with Gasteiger partial charge in [0, 0.05) is 21.3 Å². The largest absolute Gasteiger partial charge is 0.398 e. The molecule has 13 heavy (non-hydrogen) atoms. The maximum Gasteiger partial charge on any atom is 0.0585 e. The lowest BCUT2D eigenvalue weighted by atomic mass is 10.2. The summed E-state index contributed by atoms with van der Waals surface area (Å²) in [6.07, 6.45) is 0. The maximum atomic E-state index is 6.04. The molecule has 2 rings (SSSR count). The smallest absolute Gasteiger partial charge is 0.0585 e. The van der Waals surface area contributed by atoms with E-state index in [1.165, 1.54) is 4.88 Å². The molecular weight excluding hydrogens is 270 g/mol. The van der Waals surface area contributed by atoms with Crippen LogP contribution >= 0.6 is 38.9 Å². The van der Waals surface area contributed by atoms with Crippen LogP contribution in [0.3, 0.4) is 0 Å². The fourth-order valence-corrected chi connectivity index (χ4v) is 2.96. The first-order chi connectivity index (χ1) is 6.22. The topological polar surface area (TPSA) is 26.0 Å². The fourth-order valence-electron chi connectivity index (χ4n) is 1.23. The third kappa shape index (κ3) is 1.56. The van der Waals surface area contributed by atoms with Crippen molar-refractivity contribution in [3.8, 4) is 0 Å². The highest BCUT2D eigenvalue weighted by molar-refractivity contribution is 9.08. The average molecular weight is 277 g/mol. The van der Waals surface area contributed by atoms with Gasteiger partial charge in [0.2, 0.25) is 0 Å². The average Bonchev–Trinajstić information content (AvgIpc) is 2.56. The summed E-state index contributed by atoms with van der Waals surface area (Å²) in [6.45, 7) is 0. The standard InChI is InChI=1S/C9H7BrClNS/c10-4-5-3-6-8(12)2-1-7(11)9(6)13-5/h1-3H,4,12H2. The number of halogens is 2. The van der Waals surface area contributed by atoms with Crippen LogP contribution in [0.1, 0.15) is 4.88 Å². The van der Waals surface area contributed by atoms with Gasteiger partial charge >= 0.3 is 0 Å². The number of nitrogens with two attached hydrogens (primary N) is 1. The molecule has 4 heteroatoms. The van der Waals surface area contributed by atoms with Crippen molar-refractivity contribution in [1.29, 1.82) is 0 Å². The Kier molecular flexibility index (Phi) is 2.49. The molecule has 0 aliphatic carbocycles. The summed E-state index contributed by atoms with van der Waals surface area (Å²) in [7, 11) is 0. The van der Waals surface area contributed by atoms with Crippen molar-refractivity contribution >= 4 is 54.6 Å². The van der Waals surface area contributed by atoms with E-state index in [1.807, 2.05) is 12.1 Å². The Morgan fingerprint density at radius 3 is 2.85 bits per heavy atom. The number of anilines is 1. The van der Waals surface area contributed by atoms with E-state index in [0.29, 0.717) is 0 Å². The van der Waals surface area contributed by atoms with Gasteiger partial charge in [-0.2, -0.15) is 0 Å². The monoisotopic (exact) mass is 275 g/mol. The minimum absolute atomic E-state index is 0.779. The van der Waals surface area contributed by atoms with Crippen molar-refractivity contribution in [3.63, 3.8) is 0 Å². The van der Waals surface area contributed by atoms with E-state index in [-0.39, 0.29) is 0 Å². The molecule has 0 radical (unpaired) electrons. The van der Waals surface area contributed by atoms with Crippen molar-refractivity contribution in [1.82, 2.24) is 0 Å². The van der Waals surface area contributed by atoms with E-state index < -0.39 is 0 Å². The number of hydrogen-bond donors (Lipinski definition) is 1. The second kappa shape index (κ2) is 3.48. The number of rotatable bonds is 1. The predicted molar refractivity (Wildman–Crippen MR) is 63.9 cm³/mol. The molecule has 0 aliphatic heterocycles. The highest BCUT2D eigenvalue weighted by atomic mass is 79.9. The van der Waals surface area contributed by atoms with E-state index >= 15 is 0 Å². The molecule has 2 aromatic rings. The van der Waals surface area contributed by atoms with Crippen LogP contribution in [0.2, 0.25) is 5.02 Å². The first-order valence-electron chi connectivity index (χ1n) is 3.74.